The van der Waals surface area contributed by atoms with Crippen molar-refractivity contribution in [3.05, 3.63) is 74.3 Å². The molecule has 0 aliphatic heterocycles. The van der Waals surface area contributed by atoms with Crippen LogP contribution in [-0.2, 0) is 6.42 Å². The van der Waals surface area contributed by atoms with Crippen LogP contribution in [0.2, 0.25) is 0 Å². The van der Waals surface area contributed by atoms with Gasteiger partial charge in [-0.1, -0.05) is 24.3 Å². The monoisotopic (exact) mass is 295 g/mol. The zero-order valence-electron chi connectivity index (χ0n) is 11.9. The van der Waals surface area contributed by atoms with Crippen molar-refractivity contribution >= 4 is 17.5 Å². The fraction of sp³-hybridized carbons (Fsp3) is 0.118. The number of hydrogen-bond donors (Lipinski definition) is 1. The standard InChI is InChI=1S/C17H13NO4/c1-10-5-6-11(8-15(10)18(21)22)7-12-9-14-13(17(12)20)3-2-4-16(14)19/h2-8,19H,9H2,1H3/b12-7-. The van der Waals surface area contributed by atoms with Crippen LogP contribution >= 0.6 is 0 Å². The first-order valence-corrected chi connectivity index (χ1v) is 6.78. The summed E-state index contributed by atoms with van der Waals surface area (Å²) < 4.78 is 0. The molecule has 0 heterocycles. The normalized spacial score (nSPS) is 15.1. The zero-order chi connectivity index (χ0) is 15.9. The lowest BCUT2D eigenvalue weighted by molar-refractivity contribution is -0.385. The number of aromatic hydroxyl groups is 1. The van der Waals surface area contributed by atoms with Crippen LogP contribution in [0.4, 0.5) is 5.69 Å². The molecule has 5 nitrogen and oxygen atoms in total. The van der Waals surface area contributed by atoms with E-state index in [1.165, 1.54) is 6.07 Å². The highest BCUT2D eigenvalue weighted by Gasteiger charge is 2.27. The Hall–Kier alpha value is -2.95. The number of hydrogen-bond acceptors (Lipinski definition) is 4. The summed E-state index contributed by atoms with van der Waals surface area (Å²) in [6.45, 7) is 1.67. The molecule has 0 atom stereocenters. The number of ketones is 1. The van der Waals surface area contributed by atoms with Crippen molar-refractivity contribution in [1.29, 1.82) is 0 Å². The van der Waals surface area contributed by atoms with Crippen molar-refractivity contribution in [2.75, 3.05) is 0 Å². The maximum atomic E-state index is 12.3. The third-order valence-electron chi connectivity index (χ3n) is 3.83. The smallest absolute Gasteiger partial charge is 0.272 e. The Morgan fingerprint density at radius 2 is 2.05 bits per heavy atom. The van der Waals surface area contributed by atoms with Gasteiger partial charge < -0.3 is 5.11 Å². The minimum Gasteiger partial charge on any atom is -0.508 e. The van der Waals surface area contributed by atoms with E-state index in [1.807, 2.05) is 0 Å². The Morgan fingerprint density at radius 1 is 1.27 bits per heavy atom. The Balaban J connectivity index is 2.02. The highest BCUT2D eigenvalue weighted by atomic mass is 16.6. The Morgan fingerprint density at radius 3 is 2.73 bits per heavy atom. The first-order valence-electron chi connectivity index (χ1n) is 6.78. The fourth-order valence-electron chi connectivity index (χ4n) is 2.65. The van der Waals surface area contributed by atoms with Crippen molar-refractivity contribution in [1.82, 2.24) is 0 Å². The molecule has 2 aromatic rings. The molecule has 0 aromatic heterocycles. The summed E-state index contributed by atoms with van der Waals surface area (Å²) in [5.41, 5.74) is 2.84. The number of benzene rings is 2. The average Bonchev–Trinajstić information content (AvgIpc) is 2.79. The van der Waals surface area contributed by atoms with E-state index in [0.29, 0.717) is 34.2 Å². The van der Waals surface area contributed by atoms with Gasteiger partial charge in [0.2, 0.25) is 0 Å². The second-order valence-electron chi connectivity index (χ2n) is 5.28. The van der Waals surface area contributed by atoms with Crippen molar-refractivity contribution in [3.8, 4) is 5.75 Å². The molecular weight excluding hydrogens is 282 g/mol. The van der Waals surface area contributed by atoms with Gasteiger partial charge in [-0.3, -0.25) is 14.9 Å². The highest BCUT2D eigenvalue weighted by molar-refractivity contribution is 6.16. The molecule has 1 aliphatic rings. The molecule has 110 valence electrons. The molecule has 5 heteroatoms. The van der Waals surface area contributed by atoms with Gasteiger partial charge in [-0.05, 0) is 24.6 Å². The molecule has 2 aromatic carbocycles. The number of carbonyl (C=O) groups excluding carboxylic acids is 1. The SMILES string of the molecule is Cc1ccc(/C=C2/Cc3c(O)cccc3C2=O)cc1[N+](=O)[O-]. The molecule has 0 saturated carbocycles. The molecule has 22 heavy (non-hydrogen) atoms. The lowest BCUT2D eigenvalue weighted by Crippen LogP contribution is -1.96. The van der Waals surface area contributed by atoms with Crippen LogP contribution in [0.1, 0.15) is 27.0 Å². The number of aryl methyl sites for hydroxylation is 1. The van der Waals surface area contributed by atoms with Crippen molar-refractivity contribution < 1.29 is 14.8 Å². The number of nitrogens with zero attached hydrogens (tertiary/aromatic N) is 1. The van der Waals surface area contributed by atoms with E-state index >= 15 is 0 Å². The van der Waals surface area contributed by atoms with E-state index in [1.54, 1.807) is 43.3 Å². The Kier molecular flexibility index (Phi) is 3.25. The van der Waals surface area contributed by atoms with Crippen molar-refractivity contribution in [2.24, 2.45) is 0 Å². The number of nitro groups is 1. The number of allylic oxidation sites excluding steroid dienone is 1. The number of carbonyl (C=O) groups is 1. The van der Waals surface area contributed by atoms with Crippen LogP contribution < -0.4 is 0 Å². The second kappa shape index (κ2) is 5.11. The van der Waals surface area contributed by atoms with Gasteiger partial charge in [-0.15, -0.1) is 0 Å². The molecule has 0 bridgehead atoms. The summed E-state index contributed by atoms with van der Waals surface area (Å²) >= 11 is 0. The lowest BCUT2D eigenvalue weighted by atomic mass is 10.1. The number of rotatable bonds is 2. The van der Waals surface area contributed by atoms with Gasteiger partial charge in [-0.2, -0.15) is 0 Å². The van der Waals surface area contributed by atoms with Crippen LogP contribution in [0.5, 0.6) is 5.75 Å². The van der Waals surface area contributed by atoms with Crippen molar-refractivity contribution in [2.45, 2.75) is 13.3 Å². The van der Waals surface area contributed by atoms with Crippen molar-refractivity contribution in [3.63, 3.8) is 0 Å². The van der Waals surface area contributed by atoms with E-state index in [2.05, 4.69) is 0 Å². The van der Waals surface area contributed by atoms with Crippen LogP contribution in [0.15, 0.2) is 42.0 Å². The predicted octanol–water partition coefficient (Wildman–Crippen LogP) is 3.43. The quantitative estimate of drug-likeness (QED) is 0.523. The number of phenols is 1. The number of Topliss-reactive ketones (excluding diaryl/α,β-unsaturated/α-hetero) is 1. The third kappa shape index (κ3) is 2.26. The van der Waals surface area contributed by atoms with Gasteiger partial charge in [0.1, 0.15) is 5.75 Å². The van der Waals surface area contributed by atoms with Gasteiger partial charge in [0.15, 0.2) is 5.78 Å². The molecule has 1 aliphatic carbocycles. The summed E-state index contributed by atoms with van der Waals surface area (Å²) in [6.07, 6.45) is 1.98. The molecule has 0 unspecified atom stereocenters. The third-order valence-corrected chi connectivity index (χ3v) is 3.83. The van der Waals surface area contributed by atoms with Gasteiger partial charge >= 0.3 is 0 Å². The number of nitro benzene ring substituents is 1. The largest absolute Gasteiger partial charge is 0.508 e. The molecular formula is C17H13NO4. The maximum Gasteiger partial charge on any atom is 0.272 e. The molecule has 3 rings (SSSR count). The predicted molar refractivity (Wildman–Crippen MR) is 82.0 cm³/mol. The second-order valence-corrected chi connectivity index (χ2v) is 5.28. The summed E-state index contributed by atoms with van der Waals surface area (Å²) in [4.78, 5) is 22.9. The van der Waals surface area contributed by atoms with Crippen LogP contribution in [0.25, 0.3) is 6.08 Å². The van der Waals surface area contributed by atoms with Gasteiger partial charge in [0.05, 0.1) is 4.92 Å². The minimum absolute atomic E-state index is 0.0279. The van der Waals surface area contributed by atoms with Gasteiger partial charge in [0, 0.05) is 34.8 Å². The van der Waals surface area contributed by atoms with Crippen LogP contribution in [0, 0.1) is 17.0 Å². The molecule has 1 N–H and O–H groups in total. The summed E-state index contributed by atoms with van der Waals surface area (Å²) in [6, 6.07) is 9.71. The zero-order valence-corrected chi connectivity index (χ0v) is 11.9. The van der Waals surface area contributed by atoms with E-state index in [0.717, 1.165) is 0 Å². The average molecular weight is 295 g/mol. The first kappa shape index (κ1) is 14.0. The molecule has 0 fully saturated rings. The van der Waals surface area contributed by atoms with E-state index < -0.39 is 4.92 Å². The maximum absolute atomic E-state index is 12.3. The number of phenolic OH excluding ortho intramolecular Hbond substituents is 1. The van der Waals surface area contributed by atoms with Crippen LogP contribution in [0.3, 0.4) is 0 Å². The van der Waals surface area contributed by atoms with Gasteiger partial charge in [-0.25, -0.2) is 0 Å². The molecule has 0 spiro atoms. The fourth-order valence-corrected chi connectivity index (χ4v) is 2.65. The highest BCUT2D eigenvalue weighted by Crippen LogP contribution is 2.34. The van der Waals surface area contributed by atoms with E-state index in [9.17, 15) is 20.0 Å². The van der Waals surface area contributed by atoms with E-state index in [4.69, 9.17) is 0 Å². The lowest BCUT2D eigenvalue weighted by Gasteiger charge is -2.00. The summed E-state index contributed by atoms with van der Waals surface area (Å²) in [5, 5.41) is 20.8. The summed E-state index contributed by atoms with van der Waals surface area (Å²) in [5.74, 6) is -0.0433. The molecule has 0 amide bonds. The summed E-state index contributed by atoms with van der Waals surface area (Å²) in [7, 11) is 0. The number of fused-ring (bicyclic) bond motifs is 1. The Bertz CT molecular complexity index is 837. The first-order chi connectivity index (χ1) is 10.5. The minimum atomic E-state index is -0.436. The van der Waals surface area contributed by atoms with E-state index in [-0.39, 0.29) is 17.2 Å². The Labute approximate surface area is 126 Å². The molecule has 0 radical (unpaired) electrons. The topological polar surface area (TPSA) is 80.4 Å². The van der Waals surface area contributed by atoms with Crippen LogP contribution in [-0.4, -0.2) is 15.8 Å². The molecule has 0 saturated heterocycles. The van der Waals surface area contributed by atoms with Gasteiger partial charge in [0.25, 0.3) is 5.69 Å².